The third-order valence-corrected chi connectivity index (χ3v) is 3.99. The summed E-state index contributed by atoms with van der Waals surface area (Å²) in [4.78, 5) is 14.0. The van der Waals surface area contributed by atoms with Crippen LogP contribution in [0.5, 0.6) is 0 Å². The molecule has 0 bridgehead atoms. The highest BCUT2D eigenvalue weighted by Gasteiger charge is 2.36. The number of nitrogens with one attached hydrogen (secondary N) is 1. The number of amides is 1. The van der Waals surface area contributed by atoms with Gasteiger partial charge in [0.25, 0.3) is 0 Å². The fourth-order valence-corrected chi connectivity index (χ4v) is 2.61. The first kappa shape index (κ1) is 12.8. The minimum absolute atomic E-state index is 0.203. The number of carbonyl (C=O) groups is 1. The molecule has 1 saturated heterocycles. The van der Waals surface area contributed by atoms with Crippen LogP contribution >= 0.6 is 0 Å². The van der Waals surface area contributed by atoms with Gasteiger partial charge in [0.15, 0.2) is 0 Å². The SMILES string of the molecule is CC(CCCN1CCCC1)(NC1CC1)C(N)=O. The molecule has 0 radical (unpaired) electrons. The lowest BCUT2D eigenvalue weighted by atomic mass is 9.94. The quantitative estimate of drug-likeness (QED) is 0.693. The van der Waals surface area contributed by atoms with E-state index in [0.717, 1.165) is 19.4 Å². The van der Waals surface area contributed by atoms with Gasteiger partial charge in [-0.1, -0.05) is 0 Å². The van der Waals surface area contributed by atoms with Gasteiger partial charge in [-0.15, -0.1) is 0 Å². The second-order valence-electron chi connectivity index (χ2n) is 5.77. The van der Waals surface area contributed by atoms with Gasteiger partial charge in [-0.25, -0.2) is 0 Å². The van der Waals surface area contributed by atoms with E-state index in [4.69, 9.17) is 5.73 Å². The number of nitrogens with zero attached hydrogens (tertiary/aromatic N) is 1. The summed E-state index contributed by atoms with van der Waals surface area (Å²) in [7, 11) is 0. The summed E-state index contributed by atoms with van der Waals surface area (Å²) in [5.41, 5.74) is 5.03. The molecule has 98 valence electrons. The number of primary amides is 1. The lowest BCUT2D eigenvalue weighted by Crippen LogP contribution is -2.54. The van der Waals surface area contributed by atoms with E-state index < -0.39 is 5.54 Å². The highest BCUT2D eigenvalue weighted by atomic mass is 16.1. The molecule has 0 aromatic heterocycles. The van der Waals surface area contributed by atoms with Crippen LogP contribution < -0.4 is 11.1 Å². The summed E-state index contributed by atoms with van der Waals surface area (Å²) in [6, 6.07) is 0.527. The van der Waals surface area contributed by atoms with Crippen LogP contribution in [0.4, 0.5) is 0 Å². The summed E-state index contributed by atoms with van der Waals surface area (Å²) in [6.45, 7) is 5.51. The van der Waals surface area contributed by atoms with Crippen molar-refractivity contribution < 1.29 is 4.79 Å². The fraction of sp³-hybridized carbons (Fsp3) is 0.923. The third kappa shape index (κ3) is 3.68. The van der Waals surface area contributed by atoms with Crippen LogP contribution in [-0.2, 0) is 4.79 Å². The molecule has 4 nitrogen and oxygen atoms in total. The van der Waals surface area contributed by atoms with Crippen molar-refractivity contribution in [2.75, 3.05) is 19.6 Å². The molecule has 1 unspecified atom stereocenters. The Balaban J connectivity index is 1.73. The molecule has 2 fully saturated rings. The lowest BCUT2D eigenvalue weighted by molar-refractivity contribution is -0.124. The Morgan fingerprint density at radius 3 is 2.59 bits per heavy atom. The molecule has 1 aliphatic heterocycles. The third-order valence-electron chi connectivity index (χ3n) is 3.99. The van der Waals surface area contributed by atoms with Crippen molar-refractivity contribution in [3.63, 3.8) is 0 Å². The van der Waals surface area contributed by atoms with Crippen molar-refractivity contribution in [2.45, 2.75) is 57.0 Å². The molecule has 1 heterocycles. The van der Waals surface area contributed by atoms with Crippen molar-refractivity contribution in [1.29, 1.82) is 0 Å². The van der Waals surface area contributed by atoms with E-state index >= 15 is 0 Å². The minimum Gasteiger partial charge on any atom is -0.368 e. The van der Waals surface area contributed by atoms with E-state index in [1.54, 1.807) is 0 Å². The first-order valence-corrected chi connectivity index (χ1v) is 6.90. The summed E-state index contributed by atoms with van der Waals surface area (Å²) in [5.74, 6) is -0.203. The first-order valence-electron chi connectivity index (χ1n) is 6.90. The van der Waals surface area contributed by atoms with Gasteiger partial charge >= 0.3 is 0 Å². The number of carbonyl (C=O) groups excluding carboxylic acids is 1. The Kier molecular flexibility index (Phi) is 4.05. The fourth-order valence-electron chi connectivity index (χ4n) is 2.61. The zero-order chi connectivity index (χ0) is 12.3. The van der Waals surface area contributed by atoms with Gasteiger partial charge in [0, 0.05) is 6.04 Å². The van der Waals surface area contributed by atoms with Gasteiger partial charge in [0.05, 0.1) is 5.54 Å². The van der Waals surface area contributed by atoms with Crippen LogP contribution in [0.15, 0.2) is 0 Å². The van der Waals surface area contributed by atoms with Gasteiger partial charge in [-0.05, 0) is 65.1 Å². The molecule has 0 aromatic carbocycles. The van der Waals surface area contributed by atoms with Crippen LogP contribution in [0.1, 0.15) is 45.4 Å². The van der Waals surface area contributed by atoms with Crippen LogP contribution in [0.25, 0.3) is 0 Å². The van der Waals surface area contributed by atoms with Crippen LogP contribution in [-0.4, -0.2) is 42.0 Å². The Labute approximate surface area is 104 Å². The normalized spacial score (nSPS) is 24.8. The maximum absolute atomic E-state index is 11.6. The molecular weight excluding hydrogens is 214 g/mol. The van der Waals surface area contributed by atoms with Gasteiger partial charge in [-0.3, -0.25) is 4.79 Å². The average molecular weight is 239 g/mol. The first-order chi connectivity index (χ1) is 8.10. The Bertz CT molecular complexity index is 272. The second-order valence-corrected chi connectivity index (χ2v) is 5.77. The summed E-state index contributed by atoms with van der Waals surface area (Å²) >= 11 is 0. The molecule has 0 spiro atoms. The van der Waals surface area contributed by atoms with Gasteiger partial charge in [-0.2, -0.15) is 0 Å². The lowest BCUT2D eigenvalue weighted by Gasteiger charge is -2.28. The van der Waals surface area contributed by atoms with Crippen LogP contribution in [0.3, 0.4) is 0 Å². The molecule has 3 N–H and O–H groups in total. The van der Waals surface area contributed by atoms with E-state index in [9.17, 15) is 4.79 Å². The maximum Gasteiger partial charge on any atom is 0.237 e. The Morgan fingerprint density at radius 2 is 2.06 bits per heavy atom. The number of rotatable bonds is 7. The maximum atomic E-state index is 11.6. The molecular formula is C13H25N3O. The van der Waals surface area contributed by atoms with E-state index in [1.807, 2.05) is 6.92 Å². The minimum atomic E-state index is -0.499. The predicted molar refractivity (Wildman–Crippen MR) is 68.7 cm³/mol. The summed E-state index contributed by atoms with van der Waals surface area (Å²) in [6.07, 6.45) is 6.94. The topological polar surface area (TPSA) is 58.4 Å². The van der Waals surface area contributed by atoms with E-state index in [2.05, 4.69) is 10.2 Å². The van der Waals surface area contributed by atoms with Gasteiger partial charge < -0.3 is 16.0 Å². The van der Waals surface area contributed by atoms with Crippen molar-refractivity contribution in [2.24, 2.45) is 5.73 Å². The van der Waals surface area contributed by atoms with Crippen LogP contribution in [0, 0.1) is 0 Å². The smallest absolute Gasteiger partial charge is 0.237 e. The highest BCUT2D eigenvalue weighted by Crippen LogP contribution is 2.25. The van der Waals surface area contributed by atoms with Gasteiger partial charge in [0.2, 0.25) is 5.91 Å². The monoisotopic (exact) mass is 239 g/mol. The molecule has 1 aliphatic carbocycles. The average Bonchev–Trinajstić information content (AvgIpc) is 2.93. The molecule has 2 rings (SSSR count). The van der Waals surface area contributed by atoms with Crippen molar-refractivity contribution in [3.8, 4) is 0 Å². The van der Waals surface area contributed by atoms with Crippen molar-refractivity contribution in [1.82, 2.24) is 10.2 Å². The molecule has 1 saturated carbocycles. The number of hydrogen-bond acceptors (Lipinski definition) is 3. The molecule has 17 heavy (non-hydrogen) atoms. The standard InChI is InChI=1S/C13H25N3O/c1-13(12(14)17,15-11-5-6-11)7-4-10-16-8-2-3-9-16/h11,15H,2-10H2,1H3,(H2,14,17). The summed E-state index contributed by atoms with van der Waals surface area (Å²) in [5, 5.41) is 3.40. The summed E-state index contributed by atoms with van der Waals surface area (Å²) < 4.78 is 0. The number of nitrogens with two attached hydrogens (primary N) is 1. The van der Waals surface area contributed by atoms with Crippen LogP contribution in [0.2, 0.25) is 0 Å². The molecule has 2 aliphatic rings. The van der Waals surface area contributed by atoms with Crippen molar-refractivity contribution >= 4 is 5.91 Å². The largest absolute Gasteiger partial charge is 0.368 e. The second kappa shape index (κ2) is 5.36. The Morgan fingerprint density at radius 1 is 1.41 bits per heavy atom. The zero-order valence-electron chi connectivity index (χ0n) is 10.9. The molecule has 4 heteroatoms. The van der Waals surface area contributed by atoms with E-state index in [0.29, 0.717) is 6.04 Å². The molecule has 0 aromatic rings. The zero-order valence-corrected chi connectivity index (χ0v) is 10.9. The van der Waals surface area contributed by atoms with Gasteiger partial charge in [0.1, 0.15) is 0 Å². The molecule has 1 atom stereocenters. The number of hydrogen-bond donors (Lipinski definition) is 2. The predicted octanol–water partition coefficient (Wildman–Crippen LogP) is 0.858. The highest BCUT2D eigenvalue weighted by molar-refractivity contribution is 5.84. The molecule has 1 amide bonds. The number of likely N-dealkylation sites (tertiary alicyclic amines) is 1. The van der Waals surface area contributed by atoms with E-state index in [1.165, 1.54) is 38.8 Å². The van der Waals surface area contributed by atoms with Crippen molar-refractivity contribution in [3.05, 3.63) is 0 Å². The van der Waals surface area contributed by atoms with E-state index in [-0.39, 0.29) is 5.91 Å². The Hall–Kier alpha value is -0.610.